The van der Waals surface area contributed by atoms with Gasteiger partial charge in [0.25, 0.3) is 5.91 Å². The van der Waals surface area contributed by atoms with Crippen LogP contribution in [0.25, 0.3) is 0 Å². The molecule has 0 aliphatic rings. The number of carbonyl (C=O) groups excluding carboxylic acids is 1. The fourth-order valence-corrected chi connectivity index (χ4v) is 4.26. The van der Waals surface area contributed by atoms with Crippen molar-refractivity contribution < 1.29 is 13.2 Å². The summed E-state index contributed by atoms with van der Waals surface area (Å²) >= 11 is 23.5. The van der Waals surface area contributed by atoms with Gasteiger partial charge in [-0.1, -0.05) is 52.5 Å². The summed E-state index contributed by atoms with van der Waals surface area (Å²) in [6.07, 6.45) is 1.32. The van der Waals surface area contributed by atoms with Crippen LogP contribution in [0.3, 0.4) is 0 Å². The topological polar surface area (TPSA) is 78.8 Å². The van der Waals surface area contributed by atoms with Gasteiger partial charge in [0.15, 0.2) is 0 Å². The van der Waals surface area contributed by atoms with Crippen LogP contribution in [0.4, 0.5) is 0 Å². The van der Waals surface area contributed by atoms with Crippen molar-refractivity contribution in [3.63, 3.8) is 0 Å². The van der Waals surface area contributed by atoms with Gasteiger partial charge in [0, 0.05) is 22.7 Å². The summed E-state index contributed by atoms with van der Waals surface area (Å²) < 4.78 is 25.9. The number of amides is 1. The zero-order chi connectivity index (χ0) is 20.2. The number of halogens is 4. The number of rotatable bonds is 6. The van der Waals surface area contributed by atoms with Gasteiger partial charge in [0.05, 0.1) is 22.8 Å². The molecule has 0 aliphatic carbocycles. The van der Waals surface area contributed by atoms with Gasteiger partial charge in [-0.15, -0.1) is 0 Å². The van der Waals surface area contributed by atoms with E-state index in [1.807, 2.05) is 0 Å². The lowest BCUT2D eigenvalue weighted by Gasteiger charge is -2.17. The van der Waals surface area contributed by atoms with Gasteiger partial charge in [-0.2, -0.15) is 9.41 Å². The van der Waals surface area contributed by atoms with E-state index in [1.165, 1.54) is 37.5 Å². The van der Waals surface area contributed by atoms with Gasteiger partial charge in [0.2, 0.25) is 10.0 Å². The van der Waals surface area contributed by atoms with Crippen LogP contribution in [0, 0.1) is 0 Å². The molecule has 2 rings (SSSR count). The van der Waals surface area contributed by atoms with Crippen molar-refractivity contribution in [1.29, 1.82) is 0 Å². The maximum absolute atomic E-state index is 12.5. The molecule has 0 fully saturated rings. The predicted molar refractivity (Wildman–Crippen MR) is 108 cm³/mol. The zero-order valence-electron chi connectivity index (χ0n) is 13.8. The van der Waals surface area contributed by atoms with Gasteiger partial charge in [-0.25, -0.2) is 13.8 Å². The van der Waals surface area contributed by atoms with Crippen molar-refractivity contribution in [3.05, 3.63) is 62.1 Å². The molecule has 0 atom stereocenters. The van der Waals surface area contributed by atoms with Gasteiger partial charge >= 0.3 is 0 Å². The van der Waals surface area contributed by atoms with Crippen LogP contribution in [0.2, 0.25) is 20.1 Å². The van der Waals surface area contributed by atoms with Crippen LogP contribution in [-0.4, -0.2) is 38.4 Å². The summed E-state index contributed by atoms with van der Waals surface area (Å²) in [5.41, 5.74) is 2.76. The van der Waals surface area contributed by atoms with E-state index in [2.05, 4.69) is 10.5 Å². The second kappa shape index (κ2) is 9.23. The second-order valence-corrected chi connectivity index (χ2v) is 9.00. The lowest BCUT2D eigenvalue weighted by atomic mass is 10.2. The number of hydrogen-bond donors (Lipinski definition) is 1. The highest BCUT2D eigenvalue weighted by molar-refractivity contribution is 7.89. The van der Waals surface area contributed by atoms with Crippen LogP contribution in [0.1, 0.15) is 5.56 Å². The number of sulfonamides is 1. The fourth-order valence-electron chi connectivity index (χ4n) is 1.95. The minimum atomic E-state index is -4.01. The Hall–Kier alpha value is -1.35. The minimum absolute atomic E-state index is 0.00191. The van der Waals surface area contributed by atoms with E-state index in [-0.39, 0.29) is 14.9 Å². The lowest BCUT2D eigenvalue weighted by Crippen LogP contribution is -2.36. The molecular formula is C16H13Cl4N3O3S. The van der Waals surface area contributed by atoms with Crippen LogP contribution in [0.5, 0.6) is 0 Å². The largest absolute Gasteiger partial charge is 0.272 e. The molecule has 1 N–H and O–H groups in total. The highest BCUT2D eigenvalue weighted by Gasteiger charge is 2.25. The Kier molecular flexibility index (Phi) is 7.50. The van der Waals surface area contributed by atoms with E-state index in [9.17, 15) is 13.2 Å². The number of nitrogens with zero attached hydrogens (tertiary/aromatic N) is 2. The van der Waals surface area contributed by atoms with Crippen LogP contribution < -0.4 is 5.43 Å². The summed E-state index contributed by atoms with van der Waals surface area (Å²) in [6, 6.07) is 8.82. The molecule has 0 unspecified atom stereocenters. The number of nitrogens with one attached hydrogen (secondary N) is 1. The van der Waals surface area contributed by atoms with E-state index in [0.29, 0.717) is 15.6 Å². The van der Waals surface area contributed by atoms with Crippen LogP contribution in [-0.2, 0) is 14.8 Å². The monoisotopic (exact) mass is 467 g/mol. The summed E-state index contributed by atoms with van der Waals surface area (Å²) in [5.74, 6) is -0.652. The average Bonchev–Trinajstić information content (AvgIpc) is 2.58. The van der Waals surface area contributed by atoms with Crippen molar-refractivity contribution in [2.75, 3.05) is 13.6 Å². The van der Waals surface area contributed by atoms with E-state index in [4.69, 9.17) is 46.4 Å². The number of likely N-dealkylation sites (N-methyl/N-ethyl adjacent to an activating group) is 1. The highest BCUT2D eigenvalue weighted by Crippen LogP contribution is 2.27. The molecule has 11 heteroatoms. The maximum Gasteiger partial charge on any atom is 0.255 e. The molecule has 6 nitrogen and oxygen atoms in total. The first-order chi connectivity index (χ1) is 12.6. The average molecular weight is 469 g/mol. The normalized spacial score (nSPS) is 11.9. The Morgan fingerprint density at radius 3 is 2.37 bits per heavy atom. The van der Waals surface area contributed by atoms with E-state index in [0.717, 1.165) is 4.31 Å². The Bertz CT molecular complexity index is 996. The molecule has 1 amide bonds. The molecular weight excluding hydrogens is 456 g/mol. The first kappa shape index (κ1) is 21.9. The van der Waals surface area contributed by atoms with Crippen LogP contribution in [0.15, 0.2) is 46.4 Å². The molecule has 0 aromatic heterocycles. The summed E-state index contributed by atoms with van der Waals surface area (Å²) in [6.45, 7) is -0.475. The van der Waals surface area contributed by atoms with Crippen molar-refractivity contribution >= 4 is 68.5 Å². The van der Waals surface area contributed by atoms with Crippen LogP contribution >= 0.6 is 46.4 Å². The predicted octanol–water partition coefficient (Wildman–Crippen LogP) is 4.07. The Labute approximate surface area is 176 Å². The molecule has 0 saturated carbocycles. The first-order valence-electron chi connectivity index (χ1n) is 7.29. The van der Waals surface area contributed by atoms with Gasteiger partial charge < -0.3 is 0 Å². The third-order valence-electron chi connectivity index (χ3n) is 3.30. The maximum atomic E-state index is 12.5. The van der Waals surface area contributed by atoms with Crippen molar-refractivity contribution in [2.45, 2.75) is 4.90 Å². The molecule has 0 saturated heterocycles. The van der Waals surface area contributed by atoms with Crippen molar-refractivity contribution in [3.8, 4) is 0 Å². The van der Waals surface area contributed by atoms with Crippen molar-refractivity contribution in [2.24, 2.45) is 5.10 Å². The van der Waals surface area contributed by atoms with E-state index in [1.54, 1.807) is 12.1 Å². The number of carbonyl (C=O) groups is 1. The SMILES string of the molecule is CN(CC(=O)N/N=C\c1ccc(Cl)cc1Cl)S(=O)(=O)c1cc(Cl)ccc1Cl. The number of hydrogen-bond acceptors (Lipinski definition) is 4. The van der Waals surface area contributed by atoms with E-state index < -0.39 is 22.5 Å². The molecule has 0 spiro atoms. The van der Waals surface area contributed by atoms with Crippen molar-refractivity contribution in [1.82, 2.24) is 9.73 Å². The quantitative estimate of drug-likeness (QED) is 0.512. The second-order valence-electron chi connectivity index (χ2n) is 5.29. The fraction of sp³-hybridized carbons (Fsp3) is 0.125. The molecule has 0 aliphatic heterocycles. The minimum Gasteiger partial charge on any atom is -0.272 e. The molecule has 144 valence electrons. The molecule has 2 aromatic carbocycles. The molecule has 2 aromatic rings. The zero-order valence-corrected chi connectivity index (χ0v) is 17.6. The van der Waals surface area contributed by atoms with Gasteiger partial charge in [-0.3, -0.25) is 4.79 Å². The Morgan fingerprint density at radius 1 is 1.07 bits per heavy atom. The summed E-state index contributed by atoms with van der Waals surface area (Å²) in [4.78, 5) is 11.8. The summed E-state index contributed by atoms with van der Waals surface area (Å²) in [5, 5.41) is 4.78. The van der Waals surface area contributed by atoms with Gasteiger partial charge in [0.1, 0.15) is 4.90 Å². The number of hydrazone groups is 1. The molecule has 0 bridgehead atoms. The third kappa shape index (κ3) is 5.81. The third-order valence-corrected chi connectivity index (χ3v) is 6.39. The molecule has 27 heavy (non-hydrogen) atoms. The Balaban J connectivity index is 2.04. The first-order valence-corrected chi connectivity index (χ1v) is 10.2. The molecule has 0 radical (unpaired) electrons. The lowest BCUT2D eigenvalue weighted by molar-refractivity contribution is -0.121. The summed E-state index contributed by atoms with van der Waals surface area (Å²) in [7, 11) is -2.77. The van der Waals surface area contributed by atoms with E-state index >= 15 is 0 Å². The highest BCUT2D eigenvalue weighted by atomic mass is 35.5. The molecule has 0 heterocycles. The Morgan fingerprint density at radius 2 is 1.70 bits per heavy atom. The smallest absolute Gasteiger partial charge is 0.255 e. The number of benzene rings is 2. The van der Waals surface area contributed by atoms with Gasteiger partial charge in [-0.05, 0) is 30.3 Å². The standard InChI is InChI=1S/C16H13Cl4N3O3S/c1-23(27(25,26)15-7-12(18)4-5-13(15)19)9-16(24)22-21-8-10-2-3-11(17)6-14(10)20/h2-8H,9H2,1H3,(H,22,24)/b21-8-.